The second kappa shape index (κ2) is 10.6. The van der Waals surface area contributed by atoms with Crippen LogP contribution >= 0.6 is 15.9 Å². The first-order valence-electron chi connectivity index (χ1n) is 8.66. The molecule has 1 N–H and O–H groups in total. The number of aryl methyl sites for hydroxylation is 1. The number of rotatable bonds is 8. The summed E-state index contributed by atoms with van der Waals surface area (Å²) in [5.41, 5.74) is -0.205. The number of benzene rings is 1. The van der Waals surface area contributed by atoms with E-state index in [0.717, 1.165) is 0 Å². The number of alkyl carbamates (subject to hydrolysis) is 1. The number of hydrogen-bond donors (Lipinski definition) is 1. The van der Waals surface area contributed by atoms with Gasteiger partial charge in [0.05, 0.1) is 25.3 Å². The summed E-state index contributed by atoms with van der Waals surface area (Å²) in [6, 6.07) is 2.66. The molecule has 1 amide bonds. The fourth-order valence-corrected chi connectivity index (χ4v) is 1.92. The molecule has 9 heteroatoms. The van der Waals surface area contributed by atoms with Crippen molar-refractivity contribution >= 4 is 28.2 Å². The minimum absolute atomic E-state index is 0.0300. The topological polar surface area (TPSA) is 92.3 Å². The van der Waals surface area contributed by atoms with Gasteiger partial charge in [-0.05, 0) is 46.9 Å². The predicted molar refractivity (Wildman–Crippen MR) is 88.4 cm³/mol. The largest absolute Gasteiger partial charge is 0.511 e. The van der Waals surface area contributed by atoms with Crippen molar-refractivity contribution in [1.82, 2.24) is 5.32 Å². The van der Waals surface area contributed by atoms with Gasteiger partial charge in [0, 0.05) is 12.0 Å². The van der Waals surface area contributed by atoms with Crippen LogP contribution in [0, 0.1) is 0 Å². The highest BCUT2D eigenvalue weighted by Gasteiger charge is 2.11. The van der Waals surface area contributed by atoms with Gasteiger partial charge in [-0.1, -0.05) is 0 Å². The Bertz CT molecular complexity index is 718. The molecule has 0 fully saturated rings. The highest BCUT2D eigenvalue weighted by Crippen LogP contribution is 2.32. The Morgan fingerprint density at radius 1 is 1.17 bits per heavy atom. The summed E-state index contributed by atoms with van der Waals surface area (Å²) in [6.07, 6.45) is -5.17. The van der Waals surface area contributed by atoms with Crippen LogP contribution in [0.1, 0.15) is 18.0 Å². The Kier molecular flexibility index (Phi) is 6.26. The third-order valence-electron chi connectivity index (χ3n) is 2.46. The average molecular weight is 410 g/mol. The molecular weight excluding hydrogens is 386 g/mol. The molecule has 1 aromatic carbocycles. The van der Waals surface area contributed by atoms with E-state index in [2.05, 4.69) is 30.1 Å². The van der Waals surface area contributed by atoms with E-state index in [1.807, 2.05) is 0 Å². The molecule has 0 aliphatic rings. The molecule has 0 heterocycles. The molecular formula is C15H20BrNO7. The summed E-state index contributed by atoms with van der Waals surface area (Å²) in [5, 5.41) is 1.76. The number of halogens is 1. The molecule has 8 nitrogen and oxygen atoms in total. The van der Waals surface area contributed by atoms with Gasteiger partial charge >= 0.3 is 12.2 Å². The van der Waals surface area contributed by atoms with E-state index in [1.54, 1.807) is 12.2 Å². The predicted octanol–water partition coefficient (Wildman–Crippen LogP) is 2.87. The minimum Gasteiger partial charge on any atom is -0.496 e. The maximum Gasteiger partial charge on any atom is 0.511 e. The first-order valence-corrected chi connectivity index (χ1v) is 7.46. The van der Waals surface area contributed by atoms with E-state index in [4.69, 9.17) is 15.0 Å². The molecule has 0 bridgehead atoms. The molecule has 1 rings (SSSR count). The molecule has 0 saturated heterocycles. The van der Waals surface area contributed by atoms with E-state index in [0.29, 0.717) is 4.47 Å². The third-order valence-corrected chi connectivity index (χ3v) is 3.08. The lowest BCUT2D eigenvalue weighted by Gasteiger charge is -2.13. The Balaban J connectivity index is 2.96. The Morgan fingerprint density at radius 2 is 1.88 bits per heavy atom. The highest BCUT2D eigenvalue weighted by molar-refractivity contribution is 9.10. The van der Waals surface area contributed by atoms with Crippen molar-refractivity contribution in [3.05, 3.63) is 22.2 Å². The molecule has 24 heavy (non-hydrogen) atoms. The Morgan fingerprint density at radius 3 is 2.50 bits per heavy atom. The van der Waals surface area contributed by atoms with Crippen molar-refractivity contribution in [2.24, 2.45) is 0 Å². The molecule has 0 aliphatic carbocycles. The third kappa shape index (κ3) is 6.53. The van der Waals surface area contributed by atoms with Gasteiger partial charge in [-0.25, -0.2) is 9.59 Å². The number of methoxy groups -OCH3 is 2. The fraction of sp³-hybridized carbons (Fsp3) is 0.467. The Labute approximate surface area is 154 Å². The molecule has 0 aromatic heterocycles. The normalized spacial score (nSPS) is 13.5. The van der Waals surface area contributed by atoms with Gasteiger partial charge in [-0.3, -0.25) is 0 Å². The first-order chi connectivity index (χ1) is 13.0. The van der Waals surface area contributed by atoms with Crippen molar-refractivity contribution in [1.29, 1.82) is 0 Å². The summed E-state index contributed by atoms with van der Waals surface area (Å²) in [7, 11) is 2.65. The van der Waals surface area contributed by atoms with Crippen LogP contribution in [0.4, 0.5) is 9.59 Å². The summed E-state index contributed by atoms with van der Waals surface area (Å²) in [4.78, 5) is 22.8. The maximum atomic E-state index is 11.8. The quantitative estimate of drug-likeness (QED) is 0.521. The fourth-order valence-electron chi connectivity index (χ4n) is 1.43. The van der Waals surface area contributed by atoms with Gasteiger partial charge in [0.25, 0.3) is 0 Å². The smallest absolute Gasteiger partial charge is 0.496 e. The number of ether oxygens (including phenoxy) is 5. The summed E-state index contributed by atoms with van der Waals surface area (Å²) in [6.45, 7) is -2.15. The molecule has 1 aromatic rings. The van der Waals surface area contributed by atoms with Crippen LogP contribution in [0.2, 0.25) is 0 Å². The highest BCUT2D eigenvalue weighted by atomic mass is 79.9. The molecule has 0 radical (unpaired) electrons. The molecule has 0 aliphatic heterocycles. The number of hydrogen-bond acceptors (Lipinski definition) is 7. The van der Waals surface area contributed by atoms with Crippen LogP contribution in [0.5, 0.6) is 11.5 Å². The van der Waals surface area contributed by atoms with Gasteiger partial charge in [0.15, 0.2) is 0 Å². The van der Waals surface area contributed by atoms with Crippen molar-refractivity contribution in [3.8, 4) is 11.5 Å². The standard InChI is InChI=1S/C15H20BrNO7/c1-4-22-15(19)24-9-23-14(18)17-6-5-10-7-13(21-3)11(16)8-12(10)20-2/h7-8H,4-6,9H2,1-3H3,(H,17,18)/i5D2,6D2. The van der Waals surface area contributed by atoms with Gasteiger partial charge in [-0.15, -0.1) is 0 Å². The van der Waals surface area contributed by atoms with Gasteiger partial charge in [0.2, 0.25) is 6.79 Å². The van der Waals surface area contributed by atoms with Gasteiger partial charge in [0.1, 0.15) is 11.5 Å². The zero-order valence-corrected chi connectivity index (χ0v) is 14.9. The van der Waals surface area contributed by atoms with Crippen LogP contribution in [-0.4, -0.2) is 46.4 Å². The lowest BCUT2D eigenvalue weighted by atomic mass is 10.1. The number of nitrogens with one attached hydrogen (secondary N) is 1. The van der Waals surface area contributed by atoms with Crippen molar-refractivity contribution in [2.75, 3.05) is 34.1 Å². The van der Waals surface area contributed by atoms with Gasteiger partial charge in [-0.2, -0.15) is 0 Å². The van der Waals surface area contributed by atoms with E-state index in [9.17, 15) is 9.59 Å². The van der Waals surface area contributed by atoms with E-state index in [1.165, 1.54) is 26.4 Å². The van der Waals surface area contributed by atoms with Crippen molar-refractivity contribution in [2.45, 2.75) is 13.3 Å². The molecule has 0 unspecified atom stereocenters. The molecule has 0 spiro atoms. The van der Waals surface area contributed by atoms with E-state index < -0.39 is 31.9 Å². The number of carbonyl (C=O) groups is 2. The van der Waals surface area contributed by atoms with Crippen LogP contribution in [0.3, 0.4) is 0 Å². The SMILES string of the molecule is [2H]C([2H])(NC(=O)OCOC(=O)OCC)C([2H])([2H])c1cc(OC)c(Br)cc1OC. The van der Waals surface area contributed by atoms with E-state index >= 15 is 0 Å². The van der Waals surface area contributed by atoms with Crippen LogP contribution < -0.4 is 14.8 Å². The number of carbonyl (C=O) groups excluding carboxylic acids is 2. The molecule has 0 atom stereocenters. The second-order valence-corrected chi connectivity index (χ2v) is 4.79. The van der Waals surface area contributed by atoms with Crippen LogP contribution in [0.15, 0.2) is 16.6 Å². The van der Waals surface area contributed by atoms with Crippen molar-refractivity contribution in [3.63, 3.8) is 0 Å². The van der Waals surface area contributed by atoms with Gasteiger partial charge < -0.3 is 29.0 Å². The summed E-state index contributed by atoms with van der Waals surface area (Å²) in [5.74, 6) is 0.267. The first kappa shape index (κ1) is 14.2. The lowest BCUT2D eigenvalue weighted by molar-refractivity contribution is -0.0129. The molecule has 134 valence electrons. The van der Waals surface area contributed by atoms with E-state index in [-0.39, 0.29) is 23.7 Å². The number of amides is 1. The average Bonchev–Trinajstić information content (AvgIpc) is 2.60. The monoisotopic (exact) mass is 409 g/mol. The second-order valence-electron chi connectivity index (χ2n) is 3.94. The minimum atomic E-state index is -2.93. The van der Waals surface area contributed by atoms with Crippen LogP contribution in [0.25, 0.3) is 0 Å². The Hall–Kier alpha value is -2.16. The zero-order chi connectivity index (χ0) is 21.5. The zero-order valence-electron chi connectivity index (χ0n) is 17.3. The van der Waals surface area contributed by atoms with Crippen molar-refractivity contribution < 1.29 is 38.8 Å². The maximum absolute atomic E-state index is 11.8. The van der Waals surface area contributed by atoms with Crippen LogP contribution in [-0.2, 0) is 20.6 Å². The summed E-state index contributed by atoms with van der Waals surface area (Å²) >= 11 is 3.23. The summed E-state index contributed by atoms with van der Waals surface area (Å²) < 4.78 is 56.4. The molecule has 0 saturated carbocycles. The lowest BCUT2D eigenvalue weighted by Crippen LogP contribution is -2.28.